The molecule has 3 aromatic rings. The third-order valence-electron chi connectivity index (χ3n) is 3.52. The quantitative estimate of drug-likeness (QED) is 0.786. The molecule has 0 aliphatic carbocycles. The lowest BCUT2D eigenvalue weighted by molar-refractivity contribution is 0.0690. The molecule has 2 heterocycles. The fraction of sp³-hybridized carbons (Fsp3) is 0.250. The van der Waals surface area contributed by atoms with E-state index in [0.29, 0.717) is 11.3 Å². The highest BCUT2D eigenvalue weighted by Gasteiger charge is 2.16. The van der Waals surface area contributed by atoms with E-state index >= 15 is 0 Å². The van der Waals surface area contributed by atoms with Crippen LogP contribution in [-0.2, 0) is 5.41 Å². The first-order chi connectivity index (χ1) is 10.4. The first kappa shape index (κ1) is 14.2. The number of hydrogen-bond donors (Lipinski definition) is 1. The zero-order chi connectivity index (χ0) is 15.9. The molecule has 3 rings (SSSR count). The van der Waals surface area contributed by atoms with Gasteiger partial charge in [0, 0.05) is 11.8 Å². The SMILES string of the molecule is CC(C)(C)c1ccc(-c2nc(C(=O)O)cn3cnnc23)cc1. The van der Waals surface area contributed by atoms with Crippen molar-refractivity contribution in [3.8, 4) is 11.3 Å². The van der Waals surface area contributed by atoms with Gasteiger partial charge in [-0.3, -0.25) is 4.40 Å². The van der Waals surface area contributed by atoms with E-state index in [-0.39, 0.29) is 11.1 Å². The number of aromatic nitrogens is 4. The first-order valence-corrected chi connectivity index (χ1v) is 6.91. The number of hydrogen-bond acceptors (Lipinski definition) is 4. The maximum Gasteiger partial charge on any atom is 0.356 e. The minimum atomic E-state index is -1.08. The topological polar surface area (TPSA) is 80.4 Å². The Bertz CT molecular complexity index is 845. The highest BCUT2D eigenvalue weighted by Crippen LogP contribution is 2.27. The molecule has 0 aliphatic heterocycles. The molecule has 0 fully saturated rings. The maximum absolute atomic E-state index is 11.2. The summed E-state index contributed by atoms with van der Waals surface area (Å²) >= 11 is 0. The van der Waals surface area contributed by atoms with Crippen LogP contribution >= 0.6 is 0 Å². The average molecular weight is 296 g/mol. The second-order valence-electron chi connectivity index (χ2n) is 6.17. The Labute approximate surface area is 127 Å². The number of carboxylic acids is 1. The summed E-state index contributed by atoms with van der Waals surface area (Å²) in [7, 11) is 0. The van der Waals surface area contributed by atoms with Crippen molar-refractivity contribution in [2.24, 2.45) is 0 Å². The number of benzene rings is 1. The Hall–Kier alpha value is -2.76. The van der Waals surface area contributed by atoms with E-state index in [9.17, 15) is 9.90 Å². The molecule has 22 heavy (non-hydrogen) atoms. The van der Waals surface area contributed by atoms with Crippen LogP contribution in [0, 0.1) is 0 Å². The lowest BCUT2D eigenvalue weighted by Gasteiger charge is -2.19. The van der Waals surface area contributed by atoms with Crippen molar-refractivity contribution < 1.29 is 9.90 Å². The van der Waals surface area contributed by atoms with Gasteiger partial charge in [0.25, 0.3) is 0 Å². The number of nitrogens with zero attached hydrogens (tertiary/aromatic N) is 4. The summed E-state index contributed by atoms with van der Waals surface area (Å²) in [4.78, 5) is 15.4. The molecule has 0 bridgehead atoms. The van der Waals surface area contributed by atoms with Crippen molar-refractivity contribution in [1.82, 2.24) is 19.6 Å². The third-order valence-corrected chi connectivity index (χ3v) is 3.52. The molecule has 6 nitrogen and oxygen atoms in total. The van der Waals surface area contributed by atoms with E-state index in [1.807, 2.05) is 24.3 Å². The Morgan fingerprint density at radius 3 is 2.45 bits per heavy atom. The van der Waals surface area contributed by atoms with E-state index in [2.05, 4.69) is 36.0 Å². The predicted molar refractivity (Wildman–Crippen MR) is 81.9 cm³/mol. The van der Waals surface area contributed by atoms with Crippen molar-refractivity contribution in [3.05, 3.63) is 48.0 Å². The van der Waals surface area contributed by atoms with Gasteiger partial charge in [0.15, 0.2) is 11.3 Å². The number of carbonyl (C=O) groups is 1. The van der Waals surface area contributed by atoms with Gasteiger partial charge in [-0.05, 0) is 11.0 Å². The van der Waals surface area contributed by atoms with E-state index in [4.69, 9.17) is 0 Å². The Balaban J connectivity index is 2.17. The van der Waals surface area contributed by atoms with E-state index < -0.39 is 5.97 Å². The summed E-state index contributed by atoms with van der Waals surface area (Å²) < 4.78 is 1.57. The highest BCUT2D eigenvalue weighted by molar-refractivity contribution is 5.87. The van der Waals surface area contributed by atoms with Crippen molar-refractivity contribution in [2.45, 2.75) is 26.2 Å². The molecule has 1 N–H and O–H groups in total. The minimum absolute atomic E-state index is 0.0396. The molecule has 2 aromatic heterocycles. The molecular formula is C16H16N4O2. The predicted octanol–water partition coefficient (Wildman–Crippen LogP) is 2.79. The Morgan fingerprint density at radius 2 is 1.86 bits per heavy atom. The monoisotopic (exact) mass is 296 g/mol. The van der Waals surface area contributed by atoms with Gasteiger partial charge in [-0.1, -0.05) is 45.0 Å². The standard InChI is InChI=1S/C16H16N4O2/c1-16(2,3)11-6-4-10(5-7-11)13-14-19-17-9-20(14)8-12(18-13)15(21)22/h4-9H,1-3H3,(H,21,22). The van der Waals surface area contributed by atoms with Gasteiger partial charge in [-0.15, -0.1) is 10.2 Å². The number of rotatable bonds is 2. The number of aromatic carboxylic acids is 1. The first-order valence-electron chi connectivity index (χ1n) is 6.91. The molecule has 0 unspecified atom stereocenters. The lowest BCUT2D eigenvalue weighted by Crippen LogP contribution is -2.10. The molecule has 0 saturated carbocycles. The summed E-state index contributed by atoms with van der Waals surface area (Å²) in [6.45, 7) is 6.42. The average Bonchev–Trinajstić information content (AvgIpc) is 2.93. The fourth-order valence-electron chi connectivity index (χ4n) is 2.26. The van der Waals surface area contributed by atoms with Gasteiger partial charge in [0.05, 0.1) is 0 Å². The van der Waals surface area contributed by atoms with Crippen molar-refractivity contribution >= 4 is 11.6 Å². The minimum Gasteiger partial charge on any atom is -0.476 e. The molecule has 1 aromatic carbocycles. The molecule has 0 spiro atoms. The highest BCUT2D eigenvalue weighted by atomic mass is 16.4. The van der Waals surface area contributed by atoms with E-state index in [0.717, 1.165) is 5.56 Å². The number of carboxylic acid groups (broad SMARTS) is 1. The zero-order valence-corrected chi connectivity index (χ0v) is 12.6. The molecule has 6 heteroatoms. The summed E-state index contributed by atoms with van der Waals surface area (Å²) in [6, 6.07) is 7.92. The van der Waals surface area contributed by atoms with Crippen molar-refractivity contribution in [3.63, 3.8) is 0 Å². The van der Waals surface area contributed by atoms with Crippen LogP contribution in [0.5, 0.6) is 0 Å². The zero-order valence-electron chi connectivity index (χ0n) is 12.6. The summed E-state index contributed by atoms with van der Waals surface area (Å²) in [5.74, 6) is -1.08. The lowest BCUT2D eigenvalue weighted by atomic mass is 9.86. The van der Waals surface area contributed by atoms with E-state index in [1.54, 1.807) is 4.40 Å². The Kier molecular flexibility index (Phi) is 3.16. The van der Waals surface area contributed by atoms with Crippen LogP contribution in [0.3, 0.4) is 0 Å². The van der Waals surface area contributed by atoms with Crippen LogP contribution in [0.4, 0.5) is 0 Å². The van der Waals surface area contributed by atoms with Crippen LogP contribution in [-0.4, -0.2) is 30.7 Å². The molecule has 0 radical (unpaired) electrons. The fourth-order valence-corrected chi connectivity index (χ4v) is 2.26. The van der Waals surface area contributed by atoms with Gasteiger partial charge < -0.3 is 5.11 Å². The van der Waals surface area contributed by atoms with Crippen LogP contribution in [0.2, 0.25) is 0 Å². The molecule has 0 aliphatic rings. The van der Waals surface area contributed by atoms with Gasteiger partial charge in [-0.2, -0.15) is 0 Å². The summed E-state index contributed by atoms with van der Waals surface area (Å²) in [5, 5.41) is 17.0. The molecule has 0 atom stereocenters. The molecular weight excluding hydrogens is 280 g/mol. The number of fused-ring (bicyclic) bond motifs is 1. The molecule has 112 valence electrons. The smallest absolute Gasteiger partial charge is 0.356 e. The summed E-state index contributed by atoms with van der Waals surface area (Å²) in [6.07, 6.45) is 2.88. The normalized spacial score (nSPS) is 11.8. The molecule has 0 amide bonds. The Morgan fingerprint density at radius 1 is 1.18 bits per heavy atom. The maximum atomic E-state index is 11.2. The van der Waals surface area contributed by atoms with Crippen LogP contribution < -0.4 is 0 Å². The van der Waals surface area contributed by atoms with Crippen LogP contribution in [0.15, 0.2) is 36.8 Å². The van der Waals surface area contributed by atoms with Crippen molar-refractivity contribution in [1.29, 1.82) is 0 Å². The van der Waals surface area contributed by atoms with Crippen LogP contribution in [0.1, 0.15) is 36.8 Å². The summed E-state index contributed by atoms with van der Waals surface area (Å²) in [5.41, 5.74) is 3.07. The van der Waals surface area contributed by atoms with Gasteiger partial charge >= 0.3 is 5.97 Å². The third kappa shape index (κ3) is 2.43. The largest absolute Gasteiger partial charge is 0.476 e. The second-order valence-corrected chi connectivity index (χ2v) is 6.17. The molecule has 0 saturated heterocycles. The van der Waals surface area contributed by atoms with Gasteiger partial charge in [-0.25, -0.2) is 9.78 Å². The second kappa shape index (κ2) is 4.91. The van der Waals surface area contributed by atoms with E-state index in [1.165, 1.54) is 18.1 Å². The van der Waals surface area contributed by atoms with Crippen LogP contribution in [0.25, 0.3) is 16.9 Å². The van der Waals surface area contributed by atoms with Crippen molar-refractivity contribution in [2.75, 3.05) is 0 Å². The van der Waals surface area contributed by atoms with Gasteiger partial charge in [0.1, 0.15) is 12.0 Å². The van der Waals surface area contributed by atoms with Gasteiger partial charge in [0.2, 0.25) is 0 Å².